The molecule has 0 spiro atoms. The summed E-state index contributed by atoms with van der Waals surface area (Å²) >= 11 is 0. The van der Waals surface area contributed by atoms with Gasteiger partial charge >= 0.3 is 0 Å². The van der Waals surface area contributed by atoms with Gasteiger partial charge in [0, 0.05) is 38.7 Å². The summed E-state index contributed by atoms with van der Waals surface area (Å²) in [5, 5.41) is 5.34. The zero-order valence-corrected chi connectivity index (χ0v) is 21.4. The molecule has 3 aliphatic rings. The van der Waals surface area contributed by atoms with Crippen LogP contribution in [0.25, 0.3) is 16.5 Å². The number of ether oxygens (including phenoxy) is 2. The Bertz CT molecular complexity index is 1350. The summed E-state index contributed by atoms with van der Waals surface area (Å²) in [5.41, 5.74) is 4.36. The van der Waals surface area contributed by atoms with Gasteiger partial charge in [-0.25, -0.2) is 4.39 Å². The standard InChI is InChI=1S/C31H34FN3O2/c1-34-30-9-6-22(16-27(30)19-33-34)21-37-31-18-25(7-8-29(31)32)23-10-13-35(14-11-23)20-26-5-3-2-4-24(26)17-28-12-15-36-28/h2-10,16,18-19,24,26,28H,11-15,17,20-21H2,1H3/t24-,26?,28?/m1/s1. The first-order valence-corrected chi connectivity index (χ1v) is 13.3. The number of rotatable bonds is 8. The van der Waals surface area contributed by atoms with Gasteiger partial charge in [0.15, 0.2) is 11.6 Å². The van der Waals surface area contributed by atoms with Crippen LogP contribution in [0.2, 0.25) is 0 Å². The molecule has 0 bridgehead atoms. The van der Waals surface area contributed by atoms with E-state index in [9.17, 15) is 4.39 Å². The van der Waals surface area contributed by atoms with E-state index in [1.165, 1.54) is 18.1 Å². The highest BCUT2D eigenvalue weighted by Crippen LogP contribution is 2.32. The smallest absolute Gasteiger partial charge is 0.165 e. The van der Waals surface area contributed by atoms with Crippen LogP contribution in [0.5, 0.6) is 5.75 Å². The summed E-state index contributed by atoms with van der Waals surface area (Å²) in [6, 6.07) is 11.3. The van der Waals surface area contributed by atoms with Gasteiger partial charge in [-0.05, 0) is 72.1 Å². The van der Waals surface area contributed by atoms with Crippen molar-refractivity contribution in [2.24, 2.45) is 18.9 Å². The molecule has 2 aromatic carbocycles. The number of allylic oxidation sites excluding steroid dienone is 3. The number of fused-ring (bicyclic) bond motifs is 1. The Kier molecular flexibility index (Phi) is 6.94. The second-order valence-corrected chi connectivity index (χ2v) is 10.4. The van der Waals surface area contributed by atoms with Crippen LogP contribution >= 0.6 is 0 Å². The van der Waals surface area contributed by atoms with Gasteiger partial charge in [-0.1, -0.05) is 42.5 Å². The van der Waals surface area contributed by atoms with Crippen molar-refractivity contribution in [2.75, 3.05) is 26.2 Å². The largest absolute Gasteiger partial charge is 0.486 e. The number of benzene rings is 2. The van der Waals surface area contributed by atoms with Crippen molar-refractivity contribution >= 4 is 16.5 Å². The SMILES string of the molecule is Cn1ncc2cc(COc3cc(C4=CCN(CC5C=CC=C[C@@H]5CC5CCO5)CC4)ccc3F)ccc21. The summed E-state index contributed by atoms with van der Waals surface area (Å²) in [4.78, 5) is 2.53. The maximum Gasteiger partial charge on any atom is 0.165 e. The van der Waals surface area contributed by atoms with Crippen molar-refractivity contribution in [1.29, 1.82) is 0 Å². The molecule has 6 heteroatoms. The van der Waals surface area contributed by atoms with Crippen molar-refractivity contribution in [2.45, 2.75) is 32.0 Å². The highest BCUT2D eigenvalue weighted by Gasteiger charge is 2.28. The van der Waals surface area contributed by atoms with Crippen LogP contribution in [0.4, 0.5) is 4.39 Å². The Balaban J connectivity index is 1.08. The molecule has 0 radical (unpaired) electrons. The van der Waals surface area contributed by atoms with Crippen LogP contribution in [0.1, 0.15) is 30.4 Å². The molecule has 3 atom stereocenters. The van der Waals surface area contributed by atoms with E-state index in [0.29, 0.717) is 30.3 Å². The van der Waals surface area contributed by atoms with Gasteiger partial charge in [0.05, 0.1) is 17.8 Å². The van der Waals surface area contributed by atoms with E-state index < -0.39 is 0 Å². The van der Waals surface area contributed by atoms with Crippen molar-refractivity contribution < 1.29 is 13.9 Å². The van der Waals surface area contributed by atoms with Gasteiger partial charge in [-0.15, -0.1) is 0 Å². The summed E-state index contributed by atoms with van der Waals surface area (Å²) in [5.74, 6) is 1.05. The van der Waals surface area contributed by atoms with E-state index in [2.05, 4.69) is 40.4 Å². The van der Waals surface area contributed by atoms with Gasteiger partial charge in [0.1, 0.15) is 6.61 Å². The molecule has 0 saturated carbocycles. The Morgan fingerprint density at radius 3 is 2.76 bits per heavy atom. The molecule has 2 aliphatic heterocycles. The minimum Gasteiger partial charge on any atom is -0.486 e. The number of nitrogens with zero attached hydrogens (tertiary/aromatic N) is 3. The maximum absolute atomic E-state index is 14.6. The first-order valence-electron chi connectivity index (χ1n) is 13.3. The lowest BCUT2D eigenvalue weighted by atomic mass is 9.82. The van der Waals surface area contributed by atoms with Crippen molar-refractivity contribution in [3.8, 4) is 5.75 Å². The zero-order valence-electron chi connectivity index (χ0n) is 21.4. The molecular weight excluding hydrogens is 465 g/mol. The molecule has 5 nitrogen and oxygen atoms in total. The van der Waals surface area contributed by atoms with E-state index in [-0.39, 0.29) is 5.82 Å². The van der Waals surface area contributed by atoms with Gasteiger partial charge in [0.2, 0.25) is 0 Å². The average Bonchev–Trinajstić information content (AvgIpc) is 3.27. The number of halogens is 1. The Morgan fingerprint density at radius 2 is 1.97 bits per heavy atom. The van der Waals surface area contributed by atoms with Crippen molar-refractivity contribution in [3.05, 3.63) is 89.9 Å². The highest BCUT2D eigenvalue weighted by atomic mass is 19.1. The molecule has 1 fully saturated rings. The molecule has 2 unspecified atom stereocenters. The van der Waals surface area contributed by atoms with Gasteiger partial charge < -0.3 is 9.47 Å². The fraction of sp³-hybridized carbons (Fsp3) is 0.387. The van der Waals surface area contributed by atoms with Crippen LogP contribution in [0.3, 0.4) is 0 Å². The minimum absolute atomic E-state index is 0.298. The van der Waals surface area contributed by atoms with E-state index in [1.807, 2.05) is 48.3 Å². The Labute approximate surface area is 217 Å². The van der Waals surface area contributed by atoms with Crippen molar-refractivity contribution in [3.63, 3.8) is 0 Å². The molecule has 0 N–H and O–H groups in total. The lowest BCUT2D eigenvalue weighted by Gasteiger charge is -2.36. The monoisotopic (exact) mass is 499 g/mol. The molecule has 3 heterocycles. The Morgan fingerprint density at radius 1 is 1.11 bits per heavy atom. The summed E-state index contributed by atoms with van der Waals surface area (Å²) in [7, 11) is 1.92. The summed E-state index contributed by atoms with van der Waals surface area (Å²) in [6.07, 6.45) is 16.9. The summed E-state index contributed by atoms with van der Waals surface area (Å²) < 4.78 is 28.0. The Hall–Kier alpha value is -3.22. The van der Waals surface area contributed by atoms with E-state index >= 15 is 0 Å². The number of hydrogen-bond acceptors (Lipinski definition) is 4. The van der Waals surface area contributed by atoms with Gasteiger partial charge in [-0.2, -0.15) is 5.10 Å². The topological polar surface area (TPSA) is 39.5 Å². The number of aryl methyl sites for hydroxylation is 1. The van der Waals surface area contributed by atoms with E-state index in [1.54, 1.807) is 0 Å². The first-order chi connectivity index (χ1) is 18.1. The van der Waals surface area contributed by atoms with Crippen LogP contribution in [0, 0.1) is 17.7 Å². The third kappa shape index (κ3) is 5.41. The summed E-state index contributed by atoms with van der Waals surface area (Å²) in [6.45, 7) is 4.20. The van der Waals surface area contributed by atoms with Gasteiger partial charge in [-0.3, -0.25) is 9.58 Å². The third-order valence-electron chi connectivity index (χ3n) is 7.98. The van der Waals surface area contributed by atoms with Crippen LogP contribution in [-0.2, 0) is 18.4 Å². The van der Waals surface area contributed by atoms with E-state index in [0.717, 1.165) is 61.1 Å². The molecule has 192 valence electrons. The van der Waals surface area contributed by atoms with Crippen LogP contribution in [0.15, 0.2) is 73.0 Å². The second-order valence-electron chi connectivity index (χ2n) is 10.4. The van der Waals surface area contributed by atoms with Crippen molar-refractivity contribution in [1.82, 2.24) is 14.7 Å². The first kappa shape index (κ1) is 24.1. The number of aromatic nitrogens is 2. The van der Waals surface area contributed by atoms with E-state index in [4.69, 9.17) is 9.47 Å². The second kappa shape index (κ2) is 10.6. The van der Waals surface area contributed by atoms with Crippen LogP contribution < -0.4 is 4.74 Å². The zero-order chi connectivity index (χ0) is 25.2. The fourth-order valence-corrected chi connectivity index (χ4v) is 5.64. The minimum atomic E-state index is -0.331. The number of hydrogen-bond donors (Lipinski definition) is 0. The molecule has 37 heavy (non-hydrogen) atoms. The average molecular weight is 500 g/mol. The lowest BCUT2D eigenvalue weighted by Crippen LogP contribution is -2.37. The molecule has 1 aliphatic carbocycles. The lowest BCUT2D eigenvalue weighted by molar-refractivity contribution is -0.0627. The van der Waals surface area contributed by atoms with Gasteiger partial charge in [0.25, 0.3) is 0 Å². The molecule has 3 aromatic rings. The quantitative estimate of drug-likeness (QED) is 0.386. The highest BCUT2D eigenvalue weighted by molar-refractivity contribution is 5.79. The third-order valence-corrected chi connectivity index (χ3v) is 7.98. The molecule has 6 rings (SSSR count). The predicted octanol–water partition coefficient (Wildman–Crippen LogP) is 5.92. The molecular formula is C31H34FN3O2. The fourth-order valence-electron chi connectivity index (χ4n) is 5.64. The predicted molar refractivity (Wildman–Crippen MR) is 145 cm³/mol. The molecule has 0 amide bonds. The molecule has 1 saturated heterocycles. The molecule has 1 aromatic heterocycles. The van der Waals surface area contributed by atoms with Crippen LogP contribution in [-0.4, -0.2) is 47.0 Å². The maximum atomic E-state index is 14.6. The normalized spacial score (nSPS) is 23.7.